The van der Waals surface area contributed by atoms with Crippen molar-refractivity contribution < 1.29 is 5.10 Å². The highest BCUT2D eigenvalue weighted by atomic mass is 35.5. The van der Waals surface area contributed by atoms with E-state index in [0.29, 0.717) is 15.6 Å². The number of hydrogen-bond donors (Lipinski definition) is 3. The van der Waals surface area contributed by atoms with Gasteiger partial charge in [-0.25, -0.2) is 0 Å². The van der Waals surface area contributed by atoms with Gasteiger partial charge in [-0.1, -0.05) is 29.3 Å². The Bertz CT molecular complexity index is 383. The molecule has 0 spiro atoms. The van der Waals surface area contributed by atoms with Crippen LogP contribution in [0.3, 0.4) is 0 Å². The molecule has 0 radical (unpaired) electrons. The third-order valence-corrected chi connectivity index (χ3v) is 2.23. The number of hydrazone groups is 1. The van der Waals surface area contributed by atoms with E-state index in [-0.39, 0.29) is 5.96 Å². The molecular formula is C8H9Cl2N4+. The largest absolute Gasteiger partial charge is 0.365 e. The van der Waals surface area contributed by atoms with Gasteiger partial charge >= 0.3 is 0 Å². The highest BCUT2D eigenvalue weighted by Gasteiger charge is 2.03. The summed E-state index contributed by atoms with van der Waals surface area (Å²) in [6.07, 6.45) is 1.55. The number of halogens is 2. The lowest BCUT2D eigenvalue weighted by molar-refractivity contribution is -0.456. The molecule has 0 aromatic heterocycles. The smallest absolute Gasteiger partial charge is 0.256 e. The van der Waals surface area contributed by atoms with E-state index in [0.717, 1.165) is 0 Å². The van der Waals surface area contributed by atoms with Crippen molar-refractivity contribution >= 4 is 35.4 Å². The first kappa shape index (κ1) is 10.8. The molecule has 74 valence electrons. The van der Waals surface area contributed by atoms with Crippen molar-refractivity contribution in [3.05, 3.63) is 33.8 Å². The zero-order valence-electron chi connectivity index (χ0n) is 7.17. The summed E-state index contributed by atoms with van der Waals surface area (Å²) in [5.74, 6) is -0.0561. The third kappa shape index (κ3) is 2.90. The number of benzene rings is 1. The Morgan fingerprint density at radius 3 is 2.71 bits per heavy atom. The number of nitrogens with two attached hydrogens (primary N) is 2. The molecular weight excluding hydrogens is 223 g/mol. The van der Waals surface area contributed by atoms with Gasteiger partial charge in [0.1, 0.15) is 0 Å². The topological polar surface area (TPSA) is 78.4 Å². The van der Waals surface area contributed by atoms with Crippen LogP contribution in [-0.4, -0.2) is 12.2 Å². The van der Waals surface area contributed by atoms with Gasteiger partial charge in [0.15, 0.2) is 0 Å². The first-order valence-corrected chi connectivity index (χ1v) is 4.48. The molecule has 1 aromatic carbocycles. The number of guanidine groups is 1. The minimum atomic E-state index is -0.0561. The Balaban J connectivity index is 2.92. The molecule has 0 bridgehead atoms. The van der Waals surface area contributed by atoms with Gasteiger partial charge in [0, 0.05) is 5.10 Å². The first-order chi connectivity index (χ1) is 6.61. The fraction of sp³-hybridized carbons (Fsp3) is 0. The summed E-state index contributed by atoms with van der Waals surface area (Å²) in [6.45, 7) is 0. The first-order valence-electron chi connectivity index (χ1n) is 3.72. The summed E-state index contributed by atoms with van der Waals surface area (Å²) in [7, 11) is 0. The average molecular weight is 232 g/mol. The molecule has 1 aromatic rings. The maximum Gasteiger partial charge on any atom is 0.256 e. The Morgan fingerprint density at radius 2 is 2.07 bits per heavy atom. The molecule has 14 heavy (non-hydrogen) atoms. The minimum absolute atomic E-state index is 0.0561. The normalized spacial score (nSPS) is 10.4. The van der Waals surface area contributed by atoms with Crippen molar-refractivity contribution in [2.24, 2.45) is 16.6 Å². The summed E-state index contributed by atoms with van der Waals surface area (Å²) in [4.78, 5) is 0. The van der Waals surface area contributed by atoms with Crippen LogP contribution < -0.4 is 16.6 Å². The van der Waals surface area contributed by atoms with E-state index in [1.165, 1.54) is 0 Å². The van der Waals surface area contributed by atoms with Gasteiger partial charge in [-0.2, -0.15) is 0 Å². The molecule has 0 amide bonds. The van der Waals surface area contributed by atoms with Gasteiger partial charge in [-0.3, -0.25) is 0 Å². The van der Waals surface area contributed by atoms with Crippen LogP contribution in [0.15, 0.2) is 23.3 Å². The van der Waals surface area contributed by atoms with Crippen molar-refractivity contribution in [2.75, 3.05) is 0 Å². The van der Waals surface area contributed by atoms with Crippen molar-refractivity contribution in [2.45, 2.75) is 0 Å². The van der Waals surface area contributed by atoms with E-state index in [4.69, 9.17) is 34.7 Å². The molecule has 0 unspecified atom stereocenters. The molecule has 0 aliphatic carbocycles. The van der Waals surface area contributed by atoms with Crippen LogP contribution in [-0.2, 0) is 0 Å². The maximum absolute atomic E-state index is 5.89. The van der Waals surface area contributed by atoms with Crippen LogP contribution in [0.4, 0.5) is 0 Å². The molecule has 0 aliphatic heterocycles. The van der Waals surface area contributed by atoms with E-state index < -0.39 is 0 Å². The number of nitrogens with zero attached hydrogens (tertiary/aromatic N) is 1. The molecule has 0 fully saturated rings. The predicted octanol–water partition coefficient (Wildman–Crippen LogP) is -0.319. The lowest BCUT2D eigenvalue weighted by Gasteiger charge is -1.95. The molecule has 6 heteroatoms. The minimum Gasteiger partial charge on any atom is -0.365 e. The summed E-state index contributed by atoms with van der Waals surface area (Å²) >= 11 is 11.7. The van der Waals surface area contributed by atoms with E-state index >= 15 is 0 Å². The highest BCUT2D eigenvalue weighted by Crippen LogP contribution is 2.23. The van der Waals surface area contributed by atoms with Crippen LogP contribution in [0, 0.1) is 0 Å². The summed E-state index contributed by atoms with van der Waals surface area (Å²) < 4.78 is 0. The van der Waals surface area contributed by atoms with Crippen molar-refractivity contribution in [1.29, 1.82) is 0 Å². The fourth-order valence-corrected chi connectivity index (χ4v) is 1.17. The van der Waals surface area contributed by atoms with E-state index in [1.54, 1.807) is 24.4 Å². The van der Waals surface area contributed by atoms with Gasteiger partial charge in [0.25, 0.3) is 5.96 Å². The molecule has 4 nitrogen and oxygen atoms in total. The molecule has 0 saturated heterocycles. The van der Waals surface area contributed by atoms with Crippen molar-refractivity contribution in [3.8, 4) is 0 Å². The molecule has 1 rings (SSSR count). The average Bonchev–Trinajstić information content (AvgIpc) is 2.12. The number of hydrogen-bond acceptors (Lipinski definition) is 1. The number of nitrogens with one attached hydrogen (secondary N) is 1. The number of rotatable bonds is 2. The van der Waals surface area contributed by atoms with Crippen LogP contribution in [0.5, 0.6) is 0 Å². The summed E-state index contributed by atoms with van der Waals surface area (Å²) in [5, 5.41) is 7.02. The van der Waals surface area contributed by atoms with Crippen molar-refractivity contribution in [1.82, 2.24) is 0 Å². The Hall–Kier alpha value is -1.26. The Labute approximate surface area is 91.2 Å². The lowest BCUT2D eigenvalue weighted by Crippen LogP contribution is -2.63. The van der Waals surface area contributed by atoms with E-state index in [1.807, 2.05) is 0 Å². The second-order valence-corrected chi connectivity index (χ2v) is 3.24. The van der Waals surface area contributed by atoms with Crippen LogP contribution in [0.1, 0.15) is 5.56 Å². The van der Waals surface area contributed by atoms with Crippen LogP contribution in [0.25, 0.3) is 0 Å². The fourth-order valence-electron chi connectivity index (χ4n) is 0.808. The maximum atomic E-state index is 5.89. The van der Waals surface area contributed by atoms with E-state index in [9.17, 15) is 0 Å². The molecule has 0 saturated carbocycles. The standard InChI is InChI=1S/C8H8Cl2N4/c9-6-3-1-2-5(7(6)10)4-13-14-8(11)12/h1-4H,(H4,11,12,14)/p+1/b13-4-. The van der Waals surface area contributed by atoms with Gasteiger partial charge in [0.2, 0.25) is 6.21 Å². The van der Waals surface area contributed by atoms with Gasteiger partial charge < -0.3 is 11.5 Å². The zero-order valence-corrected chi connectivity index (χ0v) is 8.68. The quantitative estimate of drug-likeness (QED) is 0.371. The van der Waals surface area contributed by atoms with Crippen LogP contribution >= 0.6 is 23.2 Å². The highest BCUT2D eigenvalue weighted by molar-refractivity contribution is 6.43. The monoisotopic (exact) mass is 231 g/mol. The zero-order chi connectivity index (χ0) is 10.6. The predicted molar refractivity (Wildman–Crippen MR) is 58.4 cm³/mol. The second-order valence-electron chi connectivity index (χ2n) is 2.45. The molecule has 0 aliphatic rings. The Morgan fingerprint density at radius 1 is 1.36 bits per heavy atom. The Kier molecular flexibility index (Phi) is 3.73. The SMILES string of the molecule is NC(N)=N/[NH+]=C\c1cccc(Cl)c1Cl. The molecule has 0 heterocycles. The summed E-state index contributed by atoms with van der Waals surface area (Å²) in [6, 6.07) is 5.25. The van der Waals surface area contributed by atoms with Crippen LogP contribution in [0.2, 0.25) is 10.0 Å². The van der Waals surface area contributed by atoms with E-state index in [2.05, 4.69) is 10.2 Å². The van der Waals surface area contributed by atoms with Gasteiger partial charge in [-0.05, 0) is 12.1 Å². The molecule has 5 N–H and O–H groups in total. The third-order valence-electron chi connectivity index (χ3n) is 1.40. The lowest BCUT2D eigenvalue weighted by atomic mass is 10.2. The van der Waals surface area contributed by atoms with Gasteiger partial charge in [0.05, 0.1) is 15.6 Å². The molecule has 0 atom stereocenters. The second kappa shape index (κ2) is 4.83. The van der Waals surface area contributed by atoms with Gasteiger partial charge in [-0.15, -0.1) is 5.10 Å². The van der Waals surface area contributed by atoms with Crippen molar-refractivity contribution in [3.63, 3.8) is 0 Å². The summed E-state index contributed by atoms with van der Waals surface area (Å²) in [5.41, 5.74) is 10.9.